The summed E-state index contributed by atoms with van der Waals surface area (Å²) in [7, 11) is 1.63. The van der Waals surface area contributed by atoms with Gasteiger partial charge in [0.15, 0.2) is 0 Å². The number of pyridine rings is 1. The fourth-order valence-electron chi connectivity index (χ4n) is 3.56. The molecule has 0 radical (unpaired) electrons. The lowest BCUT2D eigenvalue weighted by Gasteiger charge is -2.09. The number of halogens is 1. The molecular weight excluding hydrogens is 393 g/mol. The molecule has 0 atom stereocenters. The van der Waals surface area contributed by atoms with Crippen molar-refractivity contribution >= 4 is 0 Å². The fraction of sp³-hybridized carbons (Fsp3) is 0.0417. The standard InChI is InChI=1S/C24H18FN5O/c1-31-20-8-6-19(7-9-20)30-24(21-14-27-15-28-21)22(16-10-12-26-13-11-16)23(29-30)17-2-4-18(25)5-3-17/h2-15H,1H3,(H,27,28). The Morgan fingerprint density at radius 3 is 2.26 bits per heavy atom. The maximum Gasteiger partial charge on any atom is 0.123 e. The lowest BCUT2D eigenvalue weighted by atomic mass is 9.98. The van der Waals surface area contributed by atoms with Crippen LogP contribution in [0.15, 0.2) is 85.6 Å². The molecule has 31 heavy (non-hydrogen) atoms. The van der Waals surface area contributed by atoms with E-state index in [1.807, 2.05) is 41.1 Å². The van der Waals surface area contributed by atoms with Crippen molar-refractivity contribution in [1.29, 1.82) is 0 Å². The number of hydrogen-bond donors (Lipinski definition) is 1. The van der Waals surface area contributed by atoms with Crippen LogP contribution < -0.4 is 4.74 Å². The van der Waals surface area contributed by atoms with Gasteiger partial charge in [0.25, 0.3) is 0 Å². The van der Waals surface area contributed by atoms with Crippen molar-refractivity contribution in [3.05, 3.63) is 91.4 Å². The Labute approximate surface area is 178 Å². The summed E-state index contributed by atoms with van der Waals surface area (Å²) in [6.45, 7) is 0. The van der Waals surface area contributed by atoms with Gasteiger partial charge in [0.05, 0.1) is 31.0 Å². The van der Waals surface area contributed by atoms with Crippen LogP contribution in [-0.2, 0) is 0 Å². The van der Waals surface area contributed by atoms with E-state index in [-0.39, 0.29) is 5.82 Å². The number of imidazole rings is 1. The minimum absolute atomic E-state index is 0.294. The first kappa shape index (κ1) is 18.7. The van der Waals surface area contributed by atoms with Gasteiger partial charge in [0.2, 0.25) is 0 Å². The first-order chi connectivity index (χ1) is 15.2. The number of methoxy groups -OCH3 is 1. The maximum absolute atomic E-state index is 13.6. The molecule has 0 unspecified atom stereocenters. The minimum atomic E-state index is -0.294. The largest absolute Gasteiger partial charge is 0.497 e. The van der Waals surface area contributed by atoms with Gasteiger partial charge in [-0.2, -0.15) is 5.10 Å². The van der Waals surface area contributed by atoms with Gasteiger partial charge in [-0.05, 0) is 66.2 Å². The Kier molecular flexibility index (Phi) is 4.76. The highest BCUT2D eigenvalue weighted by Crippen LogP contribution is 2.40. The van der Waals surface area contributed by atoms with Gasteiger partial charge < -0.3 is 9.72 Å². The predicted octanol–water partition coefficient (Wildman–Crippen LogP) is 5.14. The number of rotatable bonds is 5. The van der Waals surface area contributed by atoms with Gasteiger partial charge in [-0.25, -0.2) is 14.1 Å². The van der Waals surface area contributed by atoms with Crippen LogP contribution in [0.25, 0.3) is 39.5 Å². The summed E-state index contributed by atoms with van der Waals surface area (Å²) in [5.74, 6) is 0.463. The third-order valence-corrected chi connectivity index (χ3v) is 5.04. The van der Waals surface area contributed by atoms with Crippen molar-refractivity contribution in [2.75, 3.05) is 7.11 Å². The van der Waals surface area contributed by atoms with Crippen molar-refractivity contribution < 1.29 is 9.13 Å². The van der Waals surface area contributed by atoms with E-state index >= 15 is 0 Å². The molecule has 0 bridgehead atoms. The van der Waals surface area contributed by atoms with Crippen molar-refractivity contribution in [2.24, 2.45) is 0 Å². The summed E-state index contributed by atoms with van der Waals surface area (Å²) >= 11 is 0. The number of ether oxygens (including phenoxy) is 1. The normalized spacial score (nSPS) is 10.9. The highest BCUT2D eigenvalue weighted by molar-refractivity contribution is 5.91. The topological polar surface area (TPSA) is 68.6 Å². The van der Waals surface area contributed by atoms with Gasteiger partial charge in [-0.15, -0.1) is 0 Å². The molecule has 5 aromatic rings. The first-order valence-corrected chi connectivity index (χ1v) is 9.67. The Morgan fingerprint density at radius 1 is 0.871 bits per heavy atom. The second-order valence-electron chi connectivity index (χ2n) is 6.89. The van der Waals surface area contributed by atoms with Crippen LogP contribution in [0.1, 0.15) is 0 Å². The Hall–Kier alpha value is -4.26. The van der Waals surface area contributed by atoms with E-state index in [9.17, 15) is 4.39 Å². The van der Waals surface area contributed by atoms with Crippen LogP contribution in [0.3, 0.4) is 0 Å². The Morgan fingerprint density at radius 2 is 1.61 bits per heavy atom. The number of H-pyrrole nitrogens is 1. The molecule has 0 aliphatic heterocycles. The SMILES string of the molecule is COc1ccc(-n2nc(-c3ccc(F)cc3)c(-c3ccncc3)c2-c2cnc[nH]2)cc1. The van der Waals surface area contributed by atoms with Gasteiger partial charge in [-0.1, -0.05) is 0 Å². The maximum atomic E-state index is 13.6. The smallest absolute Gasteiger partial charge is 0.123 e. The van der Waals surface area contributed by atoms with Gasteiger partial charge in [0.1, 0.15) is 23.0 Å². The number of nitrogens with one attached hydrogen (secondary N) is 1. The van der Waals surface area contributed by atoms with Crippen LogP contribution in [0, 0.1) is 5.82 Å². The third-order valence-electron chi connectivity index (χ3n) is 5.04. The van der Waals surface area contributed by atoms with E-state index in [1.165, 1.54) is 12.1 Å². The highest BCUT2D eigenvalue weighted by Gasteiger charge is 2.24. The molecule has 0 saturated carbocycles. The van der Waals surface area contributed by atoms with Crippen molar-refractivity contribution in [3.8, 4) is 45.2 Å². The van der Waals surface area contributed by atoms with E-state index in [4.69, 9.17) is 9.84 Å². The minimum Gasteiger partial charge on any atom is -0.497 e. The monoisotopic (exact) mass is 411 g/mol. The third kappa shape index (κ3) is 3.46. The summed E-state index contributed by atoms with van der Waals surface area (Å²) in [6, 6.07) is 17.9. The fourth-order valence-corrected chi connectivity index (χ4v) is 3.56. The number of hydrogen-bond acceptors (Lipinski definition) is 4. The lowest BCUT2D eigenvalue weighted by Crippen LogP contribution is -2.00. The molecule has 7 heteroatoms. The molecule has 0 aliphatic carbocycles. The molecule has 0 saturated heterocycles. The second-order valence-corrected chi connectivity index (χ2v) is 6.89. The highest BCUT2D eigenvalue weighted by atomic mass is 19.1. The van der Waals surface area contributed by atoms with Crippen molar-refractivity contribution in [3.63, 3.8) is 0 Å². The van der Waals surface area contributed by atoms with E-state index in [1.54, 1.807) is 44.2 Å². The number of aromatic nitrogens is 5. The summed E-state index contributed by atoms with van der Waals surface area (Å²) in [5.41, 5.74) is 5.88. The van der Waals surface area contributed by atoms with E-state index in [0.29, 0.717) is 0 Å². The molecule has 152 valence electrons. The molecule has 0 amide bonds. The Balaban J connectivity index is 1.83. The molecule has 1 N–H and O–H groups in total. The molecule has 5 rings (SSSR count). The molecule has 3 heterocycles. The van der Waals surface area contributed by atoms with Crippen LogP contribution in [0.5, 0.6) is 5.75 Å². The quantitative estimate of drug-likeness (QED) is 0.435. The lowest BCUT2D eigenvalue weighted by molar-refractivity contribution is 0.414. The number of nitrogens with zero attached hydrogens (tertiary/aromatic N) is 4. The van der Waals surface area contributed by atoms with Crippen molar-refractivity contribution in [1.82, 2.24) is 24.7 Å². The average molecular weight is 411 g/mol. The zero-order valence-corrected chi connectivity index (χ0v) is 16.7. The molecule has 0 aliphatic rings. The number of benzene rings is 2. The van der Waals surface area contributed by atoms with E-state index in [2.05, 4.69) is 15.0 Å². The summed E-state index contributed by atoms with van der Waals surface area (Å²) < 4.78 is 20.8. The van der Waals surface area contributed by atoms with Crippen LogP contribution in [-0.4, -0.2) is 31.8 Å². The zero-order chi connectivity index (χ0) is 21.2. The summed E-state index contributed by atoms with van der Waals surface area (Å²) in [5, 5.41) is 4.95. The summed E-state index contributed by atoms with van der Waals surface area (Å²) in [6.07, 6.45) is 6.88. The second kappa shape index (κ2) is 7.87. The molecule has 2 aromatic carbocycles. The van der Waals surface area contributed by atoms with Crippen LogP contribution >= 0.6 is 0 Å². The predicted molar refractivity (Wildman–Crippen MR) is 116 cm³/mol. The average Bonchev–Trinajstić information content (AvgIpc) is 3.48. The van der Waals surface area contributed by atoms with Gasteiger partial charge in [-0.3, -0.25) is 4.98 Å². The van der Waals surface area contributed by atoms with Gasteiger partial charge >= 0.3 is 0 Å². The molecule has 3 aromatic heterocycles. The molecule has 0 fully saturated rings. The molecule has 0 spiro atoms. The first-order valence-electron chi connectivity index (χ1n) is 9.67. The molecule has 6 nitrogen and oxygen atoms in total. The van der Waals surface area contributed by atoms with E-state index in [0.717, 1.165) is 45.2 Å². The number of aromatic amines is 1. The zero-order valence-electron chi connectivity index (χ0n) is 16.7. The van der Waals surface area contributed by atoms with Crippen molar-refractivity contribution in [2.45, 2.75) is 0 Å². The summed E-state index contributed by atoms with van der Waals surface area (Å²) in [4.78, 5) is 11.6. The van der Waals surface area contributed by atoms with Gasteiger partial charge in [0, 0.05) is 23.5 Å². The van der Waals surface area contributed by atoms with Crippen LogP contribution in [0.2, 0.25) is 0 Å². The molecular formula is C24H18FN5O. The van der Waals surface area contributed by atoms with E-state index < -0.39 is 0 Å². The Bertz CT molecular complexity index is 1300. The van der Waals surface area contributed by atoms with Crippen LogP contribution in [0.4, 0.5) is 4.39 Å².